The summed E-state index contributed by atoms with van der Waals surface area (Å²) in [5.74, 6) is -3.36. The molecule has 0 radical (unpaired) electrons. The average molecular weight is 573 g/mol. The fraction of sp³-hybridized carbons (Fsp3) is 0.474. The molecule has 2 rings (SSSR count). The Morgan fingerprint density at radius 1 is 1.08 bits per heavy atom. The fourth-order valence-corrected chi connectivity index (χ4v) is 3.77. The van der Waals surface area contributed by atoms with Gasteiger partial charge in [0.05, 0.1) is 12.2 Å². The van der Waals surface area contributed by atoms with Gasteiger partial charge < -0.3 is 19.0 Å². The van der Waals surface area contributed by atoms with Crippen LogP contribution >= 0.6 is 10.2 Å². The number of carbonyl (C=O) groups excluding carboxylic acids is 2. The Balaban J connectivity index is 2.21. The molecule has 0 unspecified atom stereocenters. The highest BCUT2D eigenvalue weighted by Gasteiger charge is 2.66. The number of aryl methyl sites for hydroxylation is 1. The van der Waals surface area contributed by atoms with E-state index < -0.39 is 93.1 Å². The van der Waals surface area contributed by atoms with Gasteiger partial charge in [0, 0.05) is 12.0 Å². The van der Waals surface area contributed by atoms with Gasteiger partial charge in [-0.1, -0.05) is 26.4 Å². The molecule has 1 atom stereocenters. The molecular weight excluding hydrogens is 554 g/mol. The number of fused-ring (bicyclic) bond motifs is 1. The van der Waals surface area contributed by atoms with Crippen molar-refractivity contribution in [1.82, 2.24) is 0 Å². The van der Waals surface area contributed by atoms with E-state index in [4.69, 9.17) is 4.74 Å². The third kappa shape index (κ3) is 8.36. The second kappa shape index (κ2) is 9.86. The molecule has 0 fully saturated rings. The van der Waals surface area contributed by atoms with Gasteiger partial charge in [-0.05, 0) is 36.6 Å². The van der Waals surface area contributed by atoms with Crippen molar-refractivity contribution < 1.29 is 66.3 Å². The minimum Gasteiger partial charge on any atom is -0.475 e. The number of hydrogen-bond acceptors (Lipinski definition) is 8. The monoisotopic (exact) mass is 573 g/mol. The fourth-order valence-electron chi connectivity index (χ4n) is 3.05. The molecule has 1 aromatic carbocycles. The lowest BCUT2D eigenvalue weighted by molar-refractivity contribution is -0.757. The van der Waals surface area contributed by atoms with Gasteiger partial charge in [0.1, 0.15) is 23.9 Å². The predicted octanol–water partition coefficient (Wildman–Crippen LogP) is 5.69. The molecule has 1 aromatic rings. The number of nitrogens with zero attached hydrogens (tertiary/aromatic N) is 1. The number of carbonyl (C=O) groups is 2. The lowest BCUT2D eigenvalue weighted by atomic mass is 9.98. The van der Waals surface area contributed by atoms with Crippen LogP contribution in [0.1, 0.15) is 30.9 Å². The van der Waals surface area contributed by atoms with Crippen molar-refractivity contribution in [2.45, 2.75) is 43.4 Å². The van der Waals surface area contributed by atoms with E-state index in [2.05, 4.69) is 14.3 Å². The Hall–Kier alpha value is -3.31. The SMILES string of the molecule is CCc1cc(S(F)(F)(F)(F)F)cc2c1O[C@H](C(F)(F)F)C(C(=O)OCCOC(=O)CCCO[N+](=O)[O-])=C2. The average Bonchev–Trinajstić information content (AvgIpc) is 2.75. The summed E-state index contributed by atoms with van der Waals surface area (Å²) < 4.78 is 121. The zero-order valence-corrected chi connectivity index (χ0v) is 19.5. The summed E-state index contributed by atoms with van der Waals surface area (Å²) in [5, 5.41) is 8.89. The van der Waals surface area contributed by atoms with E-state index >= 15 is 0 Å². The number of ether oxygens (including phenoxy) is 3. The van der Waals surface area contributed by atoms with E-state index in [0.717, 1.165) is 0 Å². The van der Waals surface area contributed by atoms with Crippen molar-refractivity contribution in [1.29, 1.82) is 0 Å². The van der Waals surface area contributed by atoms with Gasteiger partial charge in [0.2, 0.25) is 6.10 Å². The van der Waals surface area contributed by atoms with Crippen molar-refractivity contribution >= 4 is 28.2 Å². The van der Waals surface area contributed by atoms with Crippen molar-refractivity contribution in [3.05, 3.63) is 38.9 Å². The second-order valence-corrected chi connectivity index (χ2v) is 9.89. The summed E-state index contributed by atoms with van der Waals surface area (Å²) >= 11 is 0. The number of benzene rings is 1. The molecule has 1 aliphatic heterocycles. The molecule has 210 valence electrons. The summed E-state index contributed by atoms with van der Waals surface area (Å²) in [4.78, 5) is 35.3. The zero-order chi connectivity index (χ0) is 28.3. The lowest BCUT2D eigenvalue weighted by Gasteiger charge is -2.41. The maximum Gasteiger partial charge on any atom is 0.430 e. The van der Waals surface area contributed by atoms with E-state index in [1.165, 1.54) is 6.92 Å². The molecule has 37 heavy (non-hydrogen) atoms. The van der Waals surface area contributed by atoms with E-state index in [0.29, 0.717) is 6.08 Å². The van der Waals surface area contributed by atoms with E-state index in [1.807, 2.05) is 0 Å². The summed E-state index contributed by atoms with van der Waals surface area (Å²) in [7, 11) is -10.2. The molecule has 9 nitrogen and oxygen atoms in total. The van der Waals surface area contributed by atoms with Gasteiger partial charge in [-0.25, -0.2) is 4.79 Å². The molecule has 0 amide bonds. The highest BCUT2D eigenvalue weighted by Crippen LogP contribution is 3.02. The van der Waals surface area contributed by atoms with Crippen LogP contribution in [0.2, 0.25) is 0 Å². The molecule has 0 N–H and O–H groups in total. The first-order chi connectivity index (χ1) is 16.7. The summed E-state index contributed by atoms with van der Waals surface area (Å²) in [6.45, 7) is -0.622. The molecule has 0 bridgehead atoms. The molecule has 0 aromatic heterocycles. The van der Waals surface area contributed by atoms with Crippen molar-refractivity contribution in [2.75, 3.05) is 19.8 Å². The standard InChI is InChI=1S/C19H19F8NO8S/c1-2-11-8-13(37(23,24,25,26)27)9-12-10-14(17(19(20,21)22)36-16(11)12)18(30)34-7-6-33-15(29)4-3-5-35-28(31)32/h8-10,17H,2-7H2,1H3/t17-/m0/s1. The number of alkyl halides is 3. The zero-order valence-electron chi connectivity index (χ0n) is 18.7. The second-order valence-electron chi connectivity index (χ2n) is 7.48. The van der Waals surface area contributed by atoms with Crippen LogP contribution in [0.5, 0.6) is 5.75 Å². The Morgan fingerprint density at radius 2 is 1.70 bits per heavy atom. The number of rotatable bonds is 11. The van der Waals surface area contributed by atoms with E-state index in [9.17, 15) is 52.3 Å². The van der Waals surface area contributed by atoms with E-state index in [1.54, 1.807) is 0 Å². The minimum atomic E-state index is -10.2. The van der Waals surface area contributed by atoms with Crippen LogP contribution in [0.4, 0.5) is 32.6 Å². The van der Waals surface area contributed by atoms with Gasteiger partial charge in [0.15, 0.2) is 0 Å². The van der Waals surface area contributed by atoms with Crippen LogP contribution in [0.25, 0.3) is 6.08 Å². The third-order valence-corrected chi connectivity index (χ3v) is 5.78. The first-order valence-corrected chi connectivity index (χ1v) is 12.1. The Morgan fingerprint density at radius 3 is 2.24 bits per heavy atom. The summed E-state index contributed by atoms with van der Waals surface area (Å²) in [6, 6.07) is -0.108. The summed E-state index contributed by atoms with van der Waals surface area (Å²) in [6.07, 6.45) is -8.73. The van der Waals surface area contributed by atoms with Crippen LogP contribution in [-0.2, 0) is 30.3 Å². The molecule has 0 aliphatic carbocycles. The van der Waals surface area contributed by atoms with Gasteiger partial charge in [-0.2, -0.15) is 13.2 Å². The van der Waals surface area contributed by atoms with Crippen molar-refractivity contribution in [3.63, 3.8) is 0 Å². The highest BCUT2D eigenvalue weighted by atomic mass is 32.5. The van der Waals surface area contributed by atoms with Gasteiger partial charge in [-0.3, -0.25) is 4.79 Å². The van der Waals surface area contributed by atoms with Crippen LogP contribution in [0.3, 0.4) is 0 Å². The Labute approximate surface area is 203 Å². The smallest absolute Gasteiger partial charge is 0.430 e. The number of halogens is 8. The maximum absolute atomic E-state index is 13.6. The largest absolute Gasteiger partial charge is 0.475 e. The highest BCUT2D eigenvalue weighted by molar-refractivity contribution is 8.45. The molecule has 1 heterocycles. The molecule has 18 heteroatoms. The van der Waals surface area contributed by atoms with E-state index in [-0.39, 0.29) is 25.0 Å². The van der Waals surface area contributed by atoms with Crippen LogP contribution in [-0.4, -0.2) is 49.1 Å². The number of hydrogen-bond donors (Lipinski definition) is 0. The minimum absolute atomic E-state index is 0.00283. The predicted molar refractivity (Wildman–Crippen MR) is 110 cm³/mol. The maximum atomic E-state index is 13.6. The normalized spacial score (nSPS) is 17.3. The molecule has 0 spiro atoms. The van der Waals surface area contributed by atoms with Crippen LogP contribution < -0.4 is 4.74 Å². The van der Waals surface area contributed by atoms with Gasteiger partial charge >= 0.3 is 28.3 Å². The van der Waals surface area contributed by atoms with Crippen LogP contribution in [0.15, 0.2) is 22.6 Å². The third-order valence-electron chi connectivity index (χ3n) is 4.66. The molecule has 1 aliphatic rings. The van der Waals surface area contributed by atoms with Gasteiger partial charge in [0.25, 0.3) is 5.09 Å². The molecular formula is C19H19F8NO8S. The Bertz CT molecular complexity index is 1100. The molecule has 0 saturated heterocycles. The quantitative estimate of drug-likeness (QED) is 0.109. The first kappa shape index (κ1) is 29.9. The Kier molecular flexibility index (Phi) is 7.98. The lowest BCUT2D eigenvalue weighted by Crippen LogP contribution is -2.41. The summed E-state index contributed by atoms with van der Waals surface area (Å²) in [5.41, 5.74) is -2.74. The topological polar surface area (TPSA) is 114 Å². The molecule has 0 saturated carbocycles. The van der Waals surface area contributed by atoms with Gasteiger partial charge in [-0.15, -0.1) is 10.1 Å². The van der Waals surface area contributed by atoms with Crippen LogP contribution in [0, 0.1) is 10.1 Å². The number of esters is 2. The van der Waals surface area contributed by atoms with Crippen molar-refractivity contribution in [2.24, 2.45) is 0 Å². The van der Waals surface area contributed by atoms with Crippen molar-refractivity contribution in [3.8, 4) is 5.75 Å². The first-order valence-electron chi connectivity index (χ1n) is 10.2.